The number of nitriles is 1. The minimum Gasteiger partial charge on any atom is -0.326 e. The first-order chi connectivity index (χ1) is 13.3. The average Bonchev–Trinajstić information content (AvgIpc) is 3.04. The summed E-state index contributed by atoms with van der Waals surface area (Å²) in [5.74, 6) is -0.477. The number of benzene rings is 2. The SMILES string of the molecule is CC(=O)N(CCNS(=O)(=O)c1ccc2c(c1)CC(=O)N2)c1ccccc1C#N. The molecular weight excluding hydrogens is 380 g/mol. The summed E-state index contributed by atoms with van der Waals surface area (Å²) in [6, 6.07) is 13.1. The van der Waals surface area contributed by atoms with Crippen molar-refractivity contribution < 1.29 is 18.0 Å². The highest BCUT2D eigenvalue weighted by Crippen LogP contribution is 2.25. The molecule has 144 valence electrons. The number of hydrogen-bond donors (Lipinski definition) is 2. The summed E-state index contributed by atoms with van der Waals surface area (Å²) >= 11 is 0. The van der Waals surface area contributed by atoms with Crippen LogP contribution in [0.2, 0.25) is 0 Å². The molecule has 0 atom stereocenters. The summed E-state index contributed by atoms with van der Waals surface area (Å²) < 4.78 is 27.6. The number of rotatable bonds is 6. The fourth-order valence-corrected chi connectivity index (χ4v) is 4.07. The van der Waals surface area contributed by atoms with Gasteiger partial charge in [0.05, 0.1) is 22.6 Å². The van der Waals surface area contributed by atoms with E-state index in [1.807, 2.05) is 6.07 Å². The molecule has 2 amide bonds. The zero-order valence-electron chi connectivity index (χ0n) is 15.1. The van der Waals surface area contributed by atoms with Crippen molar-refractivity contribution >= 4 is 33.2 Å². The third-order valence-corrected chi connectivity index (χ3v) is 5.79. The van der Waals surface area contributed by atoms with Crippen molar-refractivity contribution in [2.45, 2.75) is 18.2 Å². The van der Waals surface area contributed by atoms with E-state index < -0.39 is 10.0 Å². The first-order valence-corrected chi connectivity index (χ1v) is 10.00. The Bertz CT molecular complexity index is 1090. The third kappa shape index (κ3) is 4.03. The Balaban J connectivity index is 1.72. The number of nitrogens with zero attached hydrogens (tertiary/aromatic N) is 2. The lowest BCUT2D eigenvalue weighted by molar-refractivity contribution is -0.116. The zero-order chi connectivity index (χ0) is 20.3. The van der Waals surface area contributed by atoms with Gasteiger partial charge in [-0.2, -0.15) is 5.26 Å². The minimum atomic E-state index is -3.81. The summed E-state index contributed by atoms with van der Waals surface area (Å²) in [6.07, 6.45) is 0.141. The second-order valence-electron chi connectivity index (χ2n) is 6.24. The van der Waals surface area contributed by atoms with Crippen LogP contribution in [0.4, 0.5) is 11.4 Å². The quantitative estimate of drug-likeness (QED) is 0.762. The molecule has 9 heteroatoms. The van der Waals surface area contributed by atoms with Gasteiger partial charge in [-0.05, 0) is 35.9 Å². The molecule has 1 heterocycles. The van der Waals surface area contributed by atoms with Gasteiger partial charge in [0.2, 0.25) is 21.8 Å². The van der Waals surface area contributed by atoms with Crippen LogP contribution in [0.5, 0.6) is 0 Å². The highest BCUT2D eigenvalue weighted by molar-refractivity contribution is 7.89. The second-order valence-corrected chi connectivity index (χ2v) is 8.01. The van der Waals surface area contributed by atoms with Crippen LogP contribution in [-0.4, -0.2) is 33.3 Å². The highest BCUT2D eigenvalue weighted by Gasteiger charge is 2.22. The molecule has 0 radical (unpaired) electrons. The van der Waals surface area contributed by atoms with Crippen LogP contribution in [0, 0.1) is 11.3 Å². The molecule has 1 aliphatic rings. The van der Waals surface area contributed by atoms with Gasteiger partial charge in [-0.3, -0.25) is 9.59 Å². The van der Waals surface area contributed by atoms with Crippen molar-refractivity contribution in [1.82, 2.24) is 4.72 Å². The van der Waals surface area contributed by atoms with Gasteiger partial charge in [0.25, 0.3) is 0 Å². The topological polar surface area (TPSA) is 119 Å². The Morgan fingerprint density at radius 3 is 2.75 bits per heavy atom. The van der Waals surface area contributed by atoms with Crippen molar-refractivity contribution in [3.05, 3.63) is 53.6 Å². The maximum absolute atomic E-state index is 12.6. The summed E-state index contributed by atoms with van der Waals surface area (Å²) in [6.45, 7) is 1.39. The van der Waals surface area contributed by atoms with E-state index >= 15 is 0 Å². The van der Waals surface area contributed by atoms with Crippen molar-refractivity contribution in [2.24, 2.45) is 0 Å². The summed E-state index contributed by atoms with van der Waals surface area (Å²) in [5, 5.41) is 11.9. The van der Waals surface area contributed by atoms with E-state index in [0.717, 1.165) is 0 Å². The zero-order valence-corrected chi connectivity index (χ0v) is 15.9. The molecule has 3 rings (SSSR count). The van der Waals surface area contributed by atoms with Crippen LogP contribution in [-0.2, 0) is 26.0 Å². The third-order valence-electron chi connectivity index (χ3n) is 4.34. The second kappa shape index (κ2) is 7.80. The van der Waals surface area contributed by atoms with E-state index in [4.69, 9.17) is 0 Å². The van der Waals surface area contributed by atoms with Gasteiger partial charge in [-0.15, -0.1) is 0 Å². The van der Waals surface area contributed by atoms with E-state index in [1.165, 1.54) is 24.0 Å². The Morgan fingerprint density at radius 1 is 1.29 bits per heavy atom. The van der Waals surface area contributed by atoms with E-state index in [-0.39, 0.29) is 36.2 Å². The van der Waals surface area contributed by atoms with E-state index in [1.54, 1.807) is 30.3 Å². The maximum Gasteiger partial charge on any atom is 0.240 e. The predicted molar refractivity (Wildman–Crippen MR) is 103 cm³/mol. The molecule has 0 saturated heterocycles. The van der Waals surface area contributed by atoms with E-state index in [9.17, 15) is 23.3 Å². The first kappa shape index (κ1) is 19.5. The average molecular weight is 398 g/mol. The standard InChI is InChI=1S/C19H18N4O4S/c1-13(24)23(18-5-3-2-4-14(18)12-20)9-8-21-28(26,27)16-6-7-17-15(10-16)11-19(25)22-17/h2-7,10,21H,8-9,11H2,1H3,(H,22,25). The molecule has 8 nitrogen and oxygen atoms in total. The van der Waals surface area contributed by atoms with Crippen molar-refractivity contribution in [3.8, 4) is 6.07 Å². The fourth-order valence-electron chi connectivity index (χ4n) is 3.00. The van der Waals surface area contributed by atoms with Gasteiger partial charge in [-0.25, -0.2) is 13.1 Å². The molecule has 28 heavy (non-hydrogen) atoms. The van der Waals surface area contributed by atoms with Gasteiger partial charge in [0, 0.05) is 25.7 Å². The number of para-hydroxylation sites is 1. The van der Waals surface area contributed by atoms with Gasteiger partial charge in [-0.1, -0.05) is 12.1 Å². The fraction of sp³-hybridized carbons (Fsp3) is 0.211. The molecule has 2 aromatic carbocycles. The number of anilines is 2. The number of nitrogens with one attached hydrogen (secondary N) is 2. The number of hydrogen-bond acceptors (Lipinski definition) is 5. The summed E-state index contributed by atoms with van der Waals surface area (Å²) in [5.41, 5.74) is 2.00. The van der Waals surface area contributed by atoms with Gasteiger partial charge < -0.3 is 10.2 Å². The van der Waals surface area contributed by atoms with Crippen molar-refractivity contribution in [2.75, 3.05) is 23.3 Å². The number of sulfonamides is 1. The molecular formula is C19H18N4O4S. The Labute approximate surface area is 162 Å². The largest absolute Gasteiger partial charge is 0.326 e. The molecule has 0 unspecified atom stereocenters. The van der Waals surface area contributed by atoms with Crippen LogP contribution in [0.3, 0.4) is 0 Å². The van der Waals surface area contributed by atoms with Crippen LogP contribution in [0.15, 0.2) is 47.4 Å². The molecule has 0 fully saturated rings. The number of amides is 2. The molecule has 0 saturated carbocycles. The Kier molecular flexibility index (Phi) is 5.44. The first-order valence-electron chi connectivity index (χ1n) is 8.51. The maximum atomic E-state index is 12.6. The van der Waals surface area contributed by atoms with Crippen molar-refractivity contribution in [3.63, 3.8) is 0 Å². The monoisotopic (exact) mass is 398 g/mol. The lowest BCUT2D eigenvalue weighted by Gasteiger charge is -2.22. The number of carbonyl (C=O) groups is 2. The Morgan fingerprint density at radius 2 is 2.04 bits per heavy atom. The molecule has 2 aromatic rings. The van der Waals surface area contributed by atoms with E-state index in [2.05, 4.69) is 10.0 Å². The number of fused-ring (bicyclic) bond motifs is 1. The van der Waals surface area contributed by atoms with Gasteiger partial charge in [0.1, 0.15) is 6.07 Å². The molecule has 0 spiro atoms. The lowest BCUT2D eigenvalue weighted by atomic mass is 10.1. The molecule has 2 N–H and O–H groups in total. The molecule has 0 bridgehead atoms. The van der Waals surface area contributed by atoms with Crippen LogP contribution in [0.25, 0.3) is 0 Å². The Hall–Kier alpha value is -3.22. The van der Waals surface area contributed by atoms with Crippen molar-refractivity contribution in [1.29, 1.82) is 5.26 Å². The smallest absolute Gasteiger partial charge is 0.240 e. The van der Waals surface area contributed by atoms with E-state index in [0.29, 0.717) is 22.5 Å². The molecule has 0 aliphatic carbocycles. The normalized spacial score (nSPS) is 12.8. The lowest BCUT2D eigenvalue weighted by Crippen LogP contribution is -2.38. The van der Waals surface area contributed by atoms with Gasteiger partial charge in [0.15, 0.2) is 0 Å². The molecule has 1 aliphatic heterocycles. The molecule has 0 aromatic heterocycles. The predicted octanol–water partition coefficient (Wildman–Crippen LogP) is 1.38. The summed E-state index contributed by atoms with van der Waals surface area (Å²) in [7, 11) is -3.81. The van der Waals surface area contributed by atoms with Crippen LogP contribution >= 0.6 is 0 Å². The van der Waals surface area contributed by atoms with Gasteiger partial charge >= 0.3 is 0 Å². The van der Waals surface area contributed by atoms with Crippen LogP contribution in [0.1, 0.15) is 18.1 Å². The number of carbonyl (C=O) groups excluding carboxylic acids is 2. The highest BCUT2D eigenvalue weighted by atomic mass is 32.2. The minimum absolute atomic E-state index is 0.0318. The summed E-state index contributed by atoms with van der Waals surface area (Å²) in [4.78, 5) is 24.8. The van der Waals surface area contributed by atoms with Crippen LogP contribution < -0.4 is 14.9 Å².